The van der Waals surface area contributed by atoms with Crippen LogP contribution in [0.4, 0.5) is 11.5 Å². The number of imidazole rings is 1. The van der Waals surface area contributed by atoms with Gasteiger partial charge in [-0.3, -0.25) is 37.7 Å². The fourth-order valence-electron chi connectivity index (χ4n) is 6.46. The number of aromatic nitrogens is 5. The minimum absolute atomic E-state index is 0. The number of phosphoric acid groups is 3. The number of anilines is 1. The second kappa shape index (κ2) is 22.2. The maximum Gasteiger partial charge on any atom is 1.00 e. The van der Waals surface area contributed by atoms with E-state index in [1.807, 2.05) is 0 Å². The van der Waals surface area contributed by atoms with Crippen LogP contribution in [0.25, 0.3) is 11.2 Å². The molecule has 5 heterocycles. The van der Waals surface area contributed by atoms with Crippen molar-refractivity contribution < 1.29 is 158 Å². The number of carbonyl (C=O) groups is 1. The van der Waals surface area contributed by atoms with Gasteiger partial charge in [0.05, 0.1) is 56.4 Å². The van der Waals surface area contributed by atoms with Crippen LogP contribution >= 0.6 is 23.5 Å². The third kappa shape index (κ3) is 12.7. The van der Waals surface area contributed by atoms with Gasteiger partial charge in [0.25, 0.3) is 33.5 Å². The standard InChI is InChI=1S/C31H39N8O21P3.2Na/c1-14(16-7-18(52-2)19(53-3)8-17(16)39(44)45)58-63(50,51)59-26-24(41)21(57-31(26)38-13-36-22-27(32)34-12-35-29(22)38)11-55-62(48,49)60-61(46,47)54-10-20-23(40)25(42)30(56-20)37-6-4-5-15(9-37)28(33)43;;/h4-9,12-14,20-21,23-26,30-31,40-42H,10-11H2,1-3H3,(H6-,32,33,34,35,43,46,47,48,49,50,51);;/q;2*+1/p-1/t14?,20-,21-,23-,24-,25-,26-,30-,31-;;/m1../s1. The van der Waals surface area contributed by atoms with Crippen LogP contribution in [-0.2, 0) is 45.6 Å². The predicted molar refractivity (Wildman–Crippen MR) is 199 cm³/mol. The number of benzene rings is 1. The van der Waals surface area contributed by atoms with Gasteiger partial charge < -0.3 is 69.5 Å². The summed E-state index contributed by atoms with van der Waals surface area (Å²) in [7, 11) is -14.8. The van der Waals surface area contributed by atoms with Gasteiger partial charge in [-0.15, -0.1) is 0 Å². The number of phosphoric ester groups is 3. The summed E-state index contributed by atoms with van der Waals surface area (Å²) >= 11 is 0. The number of fused-ring (bicyclic) bond motifs is 1. The Bertz CT molecular complexity index is 2510. The SMILES string of the molecule is COc1cc(C(C)OP(=O)(O)O[C@@H]2[C@H](O)[C@@H](COP(=O)([O-])OP(=O)([O-])OC[C@H]3O[C@@H]([n+]4cccc(C(N)=O)c4)[C@H](O)[C@@H]3O)O[C@H]2n2cnc3c(N)ncnc32)c([N+](=O)[O-])cc1OC.[Na+].[Na+]. The topological polar surface area (TPSA) is 421 Å². The summed E-state index contributed by atoms with van der Waals surface area (Å²) in [5.41, 5.74) is 10.2. The Morgan fingerprint density at radius 2 is 1.60 bits per heavy atom. The number of carbonyl (C=O) groups excluding carboxylic acids is 1. The van der Waals surface area contributed by atoms with Crippen LogP contribution in [0.3, 0.4) is 0 Å². The van der Waals surface area contributed by atoms with E-state index in [4.69, 9.17) is 39.5 Å². The van der Waals surface area contributed by atoms with E-state index >= 15 is 0 Å². The molecule has 3 aromatic heterocycles. The van der Waals surface area contributed by atoms with Crippen LogP contribution in [0.1, 0.15) is 41.4 Å². The average Bonchev–Trinajstić information content (AvgIpc) is 3.87. The molecule has 2 fully saturated rings. The Balaban J connectivity index is 0.00000462. The first-order chi connectivity index (χ1) is 29.5. The Morgan fingerprint density at radius 3 is 2.20 bits per heavy atom. The van der Waals surface area contributed by atoms with Gasteiger partial charge in [0.2, 0.25) is 0 Å². The van der Waals surface area contributed by atoms with Crippen LogP contribution in [-0.4, -0.2) is 115 Å². The fourth-order valence-corrected chi connectivity index (χ4v) is 9.58. The predicted octanol–water partition coefficient (Wildman–Crippen LogP) is -7.44. The van der Waals surface area contributed by atoms with Crippen molar-refractivity contribution in [1.29, 1.82) is 0 Å². The van der Waals surface area contributed by atoms with Crippen molar-refractivity contribution in [2.24, 2.45) is 5.73 Å². The van der Waals surface area contributed by atoms with Gasteiger partial charge in [-0.25, -0.2) is 23.8 Å². The number of nitro groups is 1. The van der Waals surface area contributed by atoms with Crippen molar-refractivity contribution >= 4 is 52.0 Å². The molecule has 6 rings (SSSR count). The molecule has 0 radical (unpaired) electrons. The van der Waals surface area contributed by atoms with Gasteiger partial charge in [0.15, 0.2) is 47.7 Å². The Hall–Kier alpha value is -2.64. The van der Waals surface area contributed by atoms with Crippen LogP contribution in [0.5, 0.6) is 11.5 Å². The first kappa shape index (κ1) is 55.0. The summed E-state index contributed by atoms with van der Waals surface area (Å²) in [6.45, 7) is -1.17. The Morgan fingerprint density at radius 1 is 0.985 bits per heavy atom. The number of primary amides is 1. The number of nitrogens with zero attached hydrogens (tertiary/aromatic N) is 6. The van der Waals surface area contributed by atoms with Crippen molar-refractivity contribution in [1.82, 2.24) is 19.5 Å². The van der Waals surface area contributed by atoms with E-state index in [1.165, 1.54) is 50.2 Å². The number of rotatable bonds is 19. The number of ether oxygens (including phenoxy) is 4. The van der Waals surface area contributed by atoms with Gasteiger partial charge in [-0.1, -0.05) is 0 Å². The minimum atomic E-state index is -5.96. The molecule has 4 aromatic rings. The summed E-state index contributed by atoms with van der Waals surface area (Å²) in [4.78, 5) is 70.9. The average molecular weight is 998 g/mol. The van der Waals surface area contributed by atoms with Gasteiger partial charge in [0.1, 0.15) is 47.9 Å². The third-order valence-corrected chi connectivity index (χ3v) is 13.0. The number of nitro benzene ring substituents is 1. The molecule has 2 aliphatic rings. The second-order valence-electron chi connectivity index (χ2n) is 13.5. The van der Waals surface area contributed by atoms with Crippen molar-refractivity contribution in [2.45, 2.75) is 62.1 Å². The molecule has 0 bridgehead atoms. The second-order valence-corrected chi connectivity index (χ2v) is 17.8. The molecule has 344 valence electrons. The summed E-state index contributed by atoms with van der Waals surface area (Å²) < 4.78 is 86.8. The van der Waals surface area contributed by atoms with E-state index in [0.29, 0.717) is 0 Å². The Labute approximate surface area is 410 Å². The van der Waals surface area contributed by atoms with E-state index in [2.05, 4.69) is 28.3 Å². The summed E-state index contributed by atoms with van der Waals surface area (Å²) in [6.07, 6.45) is -11.1. The molecule has 29 nitrogen and oxygen atoms in total. The van der Waals surface area contributed by atoms with Gasteiger partial charge in [-0.05, 0) is 19.1 Å². The summed E-state index contributed by atoms with van der Waals surface area (Å²) in [6, 6.07) is 4.85. The molecule has 34 heteroatoms. The molecule has 0 saturated carbocycles. The molecule has 0 aliphatic carbocycles. The smallest absolute Gasteiger partial charge is 0.756 e. The third-order valence-electron chi connectivity index (χ3n) is 9.42. The maximum atomic E-state index is 13.6. The van der Waals surface area contributed by atoms with Crippen molar-refractivity contribution in [2.75, 3.05) is 33.2 Å². The van der Waals surface area contributed by atoms with Gasteiger partial charge in [-0.2, -0.15) is 4.57 Å². The molecular weight excluding hydrogens is 959 g/mol. The Kier molecular flexibility index (Phi) is 18.8. The van der Waals surface area contributed by atoms with E-state index in [0.717, 1.165) is 29.4 Å². The number of amides is 1. The number of nitrogens with two attached hydrogens (primary N) is 2. The van der Waals surface area contributed by atoms with E-state index in [1.54, 1.807) is 0 Å². The van der Waals surface area contributed by atoms with Crippen molar-refractivity contribution in [3.63, 3.8) is 0 Å². The molecule has 0 spiro atoms. The van der Waals surface area contributed by atoms with Crippen molar-refractivity contribution in [3.05, 3.63) is 70.6 Å². The molecule has 8 N–H and O–H groups in total. The van der Waals surface area contributed by atoms with E-state index in [9.17, 15) is 58.6 Å². The summed E-state index contributed by atoms with van der Waals surface area (Å²) in [5, 5.41) is 44.2. The number of aliphatic hydroxyl groups excluding tert-OH is 3. The number of pyridine rings is 1. The van der Waals surface area contributed by atoms with Crippen LogP contribution in [0, 0.1) is 10.1 Å². The number of methoxy groups -OCH3 is 2. The van der Waals surface area contributed by atoms with Crippen LogP contribution in [0.2, 0.25) is 0 Å². The zero-order chi connectivity index (χ0) is 46.2. The molecular formula is C31H38N8Na2O21P3+. The van der Waals surface area contributed by atoms with Gasteiger partial charge in [0, 0.05) is 6.07 Å². The summed E-state index contributed by atoms with van der Waals surface area (Å²) in [5.74, 6) is -0.988. The monoisotopic (exact) mass is 997 g/mol. The minimum Gasteiger partial charge on any atom is -0.756 e. The van der Waals surface area contributed by atoms with E-state index < -0.39 is 108 Å². The molecule has 1 amide bonds. The van der Waals surface area contributed by atoms with Crippen molar-refractivity contribution in [3.8, 4) is 11.5 Å². The molecule has 4 unspecified atom stereocenters. The fraction of sp³-hybridized carbons (Fsp3) is 0.452. The number of hydrogen-bond donors (Lipinski definition) is 6. The quantitative estimate of drug-likeness (QED) is 0.0167. The zero-order valence-electron chi connectivity index (χ0n) is 34.6. The van der Waals surface area contributed by atoms with E-state index in [-0.39, 0.29) is 98.7 Å². The maximum absolute atomic E-state index is 13.6. The first-order valence-corrected chi connectivity index (χ1v) is 22.3. The molecule has 2 aliphatic heterocycles. The largest absolute Gasteiger partial charge is 1.00 e. The first-order valence-electron chi connectivity index (χ1n) is 17.9. The molecule has 65 heavy (non-hydrogen) atoms. The number of hydrogen-bond acceptors (Lipinski definition) is 24. The zero-order valence-corrected chi connectivity index (χ0v) is 41.3. The molecule has 1 aromatic carbocycles. The number of aliphatic hydroxyl groups is 3. The number of nitrogen functional groups attached to an aromatic ring is 1. The molecule has 2 saturated heterocycles. The van der Waals surface area contributed by atoms with Crippen LogP contribution in [0.15, 0.2) is 49.3 Å². The molecule has 12 atom stereocenters. The normalized spacial score (nSPS) is 26.2. The van der Waals surface area contributed by atoms with Crippen LogP contribution < -0.4 is 94.4 Å². The van der Waals surface area contributed by atoms with Gasteiger partial charge >= 0.3 is 66.9 Å².